The van der Waals surface area contributed by atoms with Crippen LogP contribution in [0, 0.1) is 0 Å². The van der Waals surface area contributed by atoms with Gasteiger partial charge in [-0.3, -0.25) is 4.79 Å². The van der Waals surface area contributed by atoms with Gasteiger partial charge in [-0.25, -0.2) is 0 Å². The van der Waals surface area contributed by atoms with Crippen molar-refractivity contribution in [1.82, 2.24) is 4.90 Å². The Hall–Kier alpha value is -2.38. The van der Waals surface area contributed by atoms with E-state index >= 15 is 0 Å². The number of carbonyl (C=O) groups is 1. The SMILES string of the molecule is CCC(C)N(Cc1ccc(OS(=O)(=O)CC)cc1)C(=O)COCc1ccccc1. The summed E-state index contributed by atoms with van der Waals surface area (Å²) in [6, 6.07) is 16.5. The van der Waals surface area contributed by atoms with E-state index in [1.165, 1.54) is 6.92 Å². The lowest BCUT2D eigenvalue weighted by molar-refractivity contribution is -0.139. The molecule has 0 saturated heterocycles. The zero-order valence-electron chi connectivity index (χ0n) is 17.2. The monoisotopic (exact) mass is 419 g/mol. The van der Waals surface area contributed by atoms with Gasteiger partial charge in [0.2, 0.25) is 5.91 Å². The normalized spacial score (nSPS) is 12.4. The summed E-state index contributed by atoms with van der Waals surface area (Å²) in [5.41, 5.74) is 1.91. The van der Waals surface area contributed by atoms with Gasteiger partial charge in [0.05, 0.1) is 12.4 Å². The van der Waals surface area contributed by atoms with Crippen molar-refractivity contribution in [2.45, 2.75) is 46.4 Å². The minimum Gasteiger partial charge on any atom is -0.382 e. The summed E-state index contributed by atoms with van der Waals surface area (Å²) in [5.74, 6) is 0.0981. The maximum absolute atomic E-state index is 12.7. The van der Waals surface area contributed by atoms with E-state index in [-0.39, 0.29) is 30.1 Å². The fraction of sp³-hybridized carbons (Fsp3) is 0.409. The maximum atomic E-state index is 12.7. The number of hydrogen-bond donors (Lipinski definition) is 0. The van der Waals surface area contributed by atoms with Crippen molar-refractivity contribution in [3.63, 3.8) is 0 Å². The molecule has 2 aromatic carbocycles. The molecule has 0 bridgehead atoms. The largest absolute Gasteiger partial charge is 0.382 e. The number of benzene rings is 2. The van der Waals surface area contributed by atoms with Crippen LogP contribution >= 0.6 is 0 Å². The molecule has 7 heteroatoms. The summed E-state index contributed by atoms with van der Waals surface area (Å²) in [6.45, 7) is 6.37. The quantitative estimate of drug-likeness (QED) is 0.519. The Balaban J connectivity index is 1.97. The van der Waals surface area contributed by atoms with E-state index in [2.05, 4.69) is 0 Å². The molecule has 0 aliphatic carbocycles. The lowest BCUT2D eigenvalue weighted by Gasteiger charge is -2.29. The van der Waals surface area contributed by atoms with Crippen LogP contribution in [0.25, 0.3) is 0 Å². The van der Waals surface area contributed by atoms with Gasteiger partial charge in [-0.1, -0.05) is 49.4 Å². The first-order chi connectivity index (χ1) is 13.8. The molecule has 158 valence electrons. The fourth-order valence-corrected chi connectivity index (χ4v) is 3.20. The van der Waals surface area contributed by atoms with Gasteiger partial charge in [0.25, 0.3) is 0 Å². The van der Waals surface area contributed by atoms with Gasteiger partial charge < -0.3 is 13.8 Å². The summed E-state index contributed by atoms with van der Waals surface area (Å²) in [4.78, 5) is 14.5. The topological polar surface area (TPSA) is 72.9 Å². The van der Waals surface area contributed by atoms with Crippen molar-refractivity contribution in [3.05, 3.63) is 65.7 Å². The van der Waals surface area contributed by atoms with Crippen LogP contribution in [-0.4, -0.2) is 37.6 Å². The average Bonchev–Trinajstić information content (AvgIpc) is 2.73. The first-order valence-corrected chi connectivity index (χ1v) is 11.3. The van der Waals surface area contributed by atoms with Crippen LogP contribution in [0.15, 0.2) is 54.6 Å². The Labute approximate surface area is 173 Å². The summed E-state index contributed by atoms with van der Waals surface area (Å²) in [6.07, 6.45) is 0.820. The number of rotatable bonds is 11. The predicted octanol–water partition coefficient (Wildman–Crippen LogP) is 3.76. The minimum absolute atomic E-state index is 0.00910. The van der Waals surface area contributed by atoms with Crippen molar-refractivity contribution < 1.29 is 22.1 Å². The minimum atomic E-state index is -3.55. The van der Waals surface area contributed by atoms with Crippen molar-refractivity contribution in [1.29, 1.82) is 0 Å². The van der Waals surface area contributed by atoms with E-state index in [0.717, 1.165) is 17.5 Å². The molecule has 0 fully saturated rings. The van der Waals surface area contributed by atoms with Gasteiger partial charge in [0.15, 0.2) is 0 Å². The predicted molar refractivity (Wildman–Crippen MR) is 113 cm³/mol. The Morgan fingerprint density at radius 1 is 1.00 bits per heavy atom. The van der Waals surface area contributed by atoms with Crippen LogP contribution in [0.5, 0.6) is 5.75 Å². The van der Waals surface area contributed by atoms with Crippen molar-refractivity contribution >= 4 is 16.0 Å². The third-order valence-corrected chi connectivity index (χ3v) is 5.79. The third kappa shape index (κ3) is 7.51. The number of hydrogen-bond acceptors (Lipinski definition) is 5. The molecule has 0 aliphatic rings. The first kappa shape index (κ1) is 22.9. The van der Waals surface area contributed by atoms with Gasteiger partial charge in [0.1, 0.15) is 12.4 Å². The lowest BCUT2D eigenvalue weighted by Crippen LogP contribution is -2.40. The van der Waals surface area contributed by atoms with Gasteiger partial charge in [-0.05, 0) is 43.5 Å². The van der Waals surface area contributed by atoms with Gasteiger partial charge in [-0.2, -0.15) is 8.42 Å². The molecular weight excluding hydrogens is 390 g/mol. The standard InChI is InChI=1S/C22H29NO5S/c1-4-18(3)23(22(24)17-27-16-20-9-7-6-8-10-20)15-19-11-13-21(14-12-19)28-29(25,26)5-2/h6-14,18H,4-5,15-17H2,1-3H3. The van der Waals surface area contributed by atoms with Crippen LogP contribution < -0.4 is 4.18 Å². The summed E-state index contributed by atoms with van der Waals surface area (Å²) in [7, 11) is -3.55. The fourth-order valence-electron chi connectivity index (χ4n) is 2.68. The Bertz CT molecular complexity index is 866. The van der Waals surface area contributed by atoms with E-state index in [9.17, 15) is 13.2 Å². The maximum Gasteiger partial charge on any atom is 0.308 e. The highest BCUT2D eigenvalue weighted by molar-refractivity contribution is 7.87. The molecule has 0 aliphatic heterocycles. The molecule has 0 saturated carbocycles. The summed E-state index contributed by atoms with van der Waals surface area (Å²) in [5, 5.41) is 0. The molecule has 0 spiro atoms. The second-order valence-electron chi connectivity index (χ2n) is 6.83. The van der Waals surface area contributed by atoms with Gasteiger partial charge in [-0.15, -0.1) is 0 Å². The molecule has 2 aromatic rings. The molecule has 1 atom stereocenters. The highest BCUT2D eigenvalue weighted by Crippen LogP contribution is 2.18. The summed E-state index contributed by atoms with van der Waals surface area (Å²) >= 11 is 0. The van der Waals surface area contributed by atoms with Crippen LogP contribution in [0.3, 0.4) is 0 Å². The molecule has 0 N–H and O–H groups in total. The molecule has 6 nitrogen and oxygen atoms in total. The third-order valence-electron chi connectivity index (χ3n) is 4.63. The van der Waals surface area contributed by atoms with Crippen molar-refractivity contribution in [3.8, 4) is 5.75 Å². The van der Waals surface area contributed by atoms with E-state index < -0.39 is 10.1 Å². The van der Waals surface area contributed by atoms with Crippen LogP contribution in [0.2, 0.25) is 0 Å². The van der Waals surface area contributed by atoms with Gasteiger partial charge >= 0.3 is 10.1 Å². The van der Waals surface area contributed by atoms with Crippen molar-refractivity contribution in [2.75, 3.05) is 12.4 Å². The van der Waals surface area contributed by atoms with E-state index in [4.69, 9.17) is 8.92 Å². The molecular formula is C22H29NO5S. The Morgan fingerprint density at radius 3 is 2.24 bits per heavy atom. The van der Waals surface area contributed by atoms with E-state index in [1.807, 2.05) is 44.2 Å². The number of carbonyl (C=O) groups excluding carboxylic acids is 1. The second-order valence-corrected chi connectivity index (χ2v) is 8.69. The molecule has 1 amide bonds. The smallest absolute Gasteiger partial charge is 0.308 e. The number of ether oxygens (including phenoxy) is 1. The summed E-state index contributed by atoms with van der Waals surface area (Å²) < 4.78 is 33.7. The molecule has 1 unspecified atom stereocenters. The zero-order chi connectivity index (χ0) is 21.3. The van der Waals surface area contributed by atoms with Crippen molar-refractivity contribution in [2.24, 2.45) is 0 Å². The molecule has 0 heterocycles. The lowest BCUT2D eigenvalue weighted by atomic mass is 10.1. The Kier molecular flexibility index (Phi) is 8.67. The number of amides is 1. The number of nitrogens with zero attached hydrogens (tertiary/aromatic N) is 1. The first-order valence-electron chi connectivity index (χ1n) is 9.76. The zero-order valence-corrected chi connectivity index (χ0v) is 18.0. The van der Waals surface area contributed by atoms with E-state index in [1.54, 1.807) is 29.2 Å². The highest BCUT2D eigenvalue weighted by atomic mass is 32.2. The molecule has 0 radical (unpaired) electrons. The second kappa shape index (κ2) is 11.0. The van der Waals surface area contributed by atoms with Crippen LogP contribution in [-0.2, 0) is 32.8 Å². The Morgan fingerprint density at radius 2 is 1.66 bits per heavy atom. The van der Waals surface area contributed by atoms with Crippen LogP contribution in [0.4, 0.5) is 0 Å². The van der Waals surface area contributed by atoms with Gasteiger partial charge in [0, 0.05) is 12.6 Å². The van der Waals surface area contributed by atoms with Crippen LogP contribution in [0.1, 0.15) is 38.3 Å². The molecule has 0 aromatic heterocycles. The van der Waals surface area contributed by atoms with E-state index in [0.29, 0.717) is 13.2 Å². The average molecular weight is 420 g/mol. The molecule has 2 rings (SSSR count). The highest BCUT2D eigenvalue weighted by Gasteiger charge is 2.19. The molecule has 29 heavy (non-hydrogen) atoms.